The molecule has 24 nitrogen and oxygen atoms in total. The molecular formula is C59H87N9O15S. The third-order valence-electron chi connectivity index (χ3n) is 15.5. The Kier molecular flexibility index (Phi) is 27.3. The number of thioether (sulfide) groups is 1. The molecule has 0 spiro atoms. The number of Topliss-reactive ketones (excluding diaryl/α,β-unsaturated/α-hetero) is 1. The van der Waals surface area contributed by atoms with Crippen molar-refractivity contribution in [3.63, 3.8) is 0 Å². The van der Waals surface area contributed by atoms with Crippen LogP contribution in [0.25, 0.3) is 0 Å². The molecule has 0 aromatic heterocycles. The van der Waals surface area contributed by atoms with E-state index in [1.54, 1.807) is 58.0 Å². The Hall–Kier alpha value is -6.96. The summed E-state index contributed by atoms with van der Waals surface area (Å²) in [5.74, 6) is -8.28. The third-order valence-corrected chi connectivity index (χ3v) is 17.4. The van der Waals surface area contributed by atoms with Crippen LogP contribution in [0.5, 0.6) is 0 Å². The number of nitrogens with one attached hydrogen (secondary N) is 9. The van der Waals surface area contributed by atoms with Crippen molar-refractivity contribution in [2.45, 2.75) is 197 Å². The lowest BCUT2D eigenvalue weighted by Crippen LogP contribution is -2.63. The summed E-state index contributed by atoms with van der Waals surface area (Å²) in [6, 6.07) is 5.16. The number of benzene rings is 2. The van der Waals surface area contributed by atoms with E-state index in [1.807, 2.05) is 18.7 Å². The zero-order valence-electron chi connectivity index (χ0n) is 49.3. The average molecular weight is 1190 g/mol. The molecule has 464 valence electrons. The molecule has 84 heavy (non-hydrogen) atoms. The van der Waals surface area contributed by atoms with E-state index in [-0.39, 0.29) is 71.6 Å². The number of amides is 8. The van der Waals surface area contributed by atoms with Gasteiger partial charge in [-0.1, -0.05) is 95.1 Å². The summed E-state index contributed by atoms with van der Waals surface area (Å²) in [5, 5.41) is 65.4. The van der Waals surface area contributed by atoms with Gasteiger partial charge in [-0.2, -0.15) is 11.8 Å². The van der Waals surface area contributed by atoms with Gasteiger partial charge in [-0.25, -0.2) is 9.59 Å². The Balaban J connectivity index is 1.39. The molecule has 0 aliphatic carbocycles. The molecule has 2 aromatic carbocycles. The minimum absolute atomic E-state index is 0.00662. The summed E-state index contributed by atoms with van der Waals surface area (Å²) in [5.41, 5.74) is 0.419. The molecule has 13 N–H and O–H groups in total. The normalized spacial score (nSPS) is 20.4. The lowest BCUT2D eigenvalue weighted by molar-refractivity contribution is -0.143. The largest absolute Gasteiger partial charge is 0.481 e. The quantitative estimate of drug-likeness (QED) is 0.0261. The van der Waals surface area contributed by atoms with Gasteiger partial charge in [0.05, 0.1) is 29.8 Å². The van der Waals surface area contributed by atoms with E-state index in [1.165, 1.54) is 38.1 Å². The van der Waals surface area contributed by atoms with Gasteiger partial charge in [0, 0.05) is 54.4 Å². The van der Waals surface area contributed by atoms with E-state index in [2.05, 4.69) is 54.8 Å². The van der Waals surface area contributed by atoms with Crippen LogP contribution in [0.3, 0.4) is 0 Å². The Bertz CT molecular complexity index is 2630. The van der Waals surface area contributed by atoms with E-state index in [4.69, 9.17) is 0 Å². The van der Waals surface area contributed by atoms with Crippen LogP contribution in [0, 0.1) is 11.8 Å². The van der Waals surface area contributed by atoms with Crippen molar-refractivity contribution >= 4 is 76.7 Å². The van der Waals surface area contributed by atoms with Gasteiger partial charge >= 0.3 is 18.0 Å². The van der Waals surface area contributed by atoms with Gasteiger partial charge in [0.2, 0.25) is 35.4 Å². The monoisotopic (exact) mass is 1190 g/mol. The highest BCUT2D eigenvalue weighted by atomic mass is 32.2. The zero-order valence-corrected chi connectivity index (χ0v) is 50.2. The molecule has 2 aliphatic rings. The first-order valence-corrected chi connectivity index (χ1v) is 29.9. The van der Waals surface area contributed by atoms with E-state index in [9.17, 15) is 73.2 Å². The average Bonchev–Trinajstić information content (AvgIpc) is 1.68. The molecule has 0 radical (unpaired) electrons. The molecule has 0 bridgehead atoms. The second-order valence-electron chi connectivity index (χ2n) is 22.9. The number of carbonyl (C=O) groups is 11. The van der Waals surface area contributed by atoms with Crippen molar-refractivity contribution in [1.82, 2.24) is 47.9 Å². The zero-order chi connectivity index (χ0) is 62.5. The molecule has 2 aliphatic heterocycles. The Morgan fingerprint density at radius 3 is 1.83 bits per heavy atom. The summed E-state index contributed by atoms with van der Waals surface area (Å²) in [6.07, 6.45) is -0.325. The van der Waals surface area contributed by atoms with Crippen LogP contribution >= 0.6 is 11.8 Å². The molecule has 2 heterocycles. The molecule has 2 aromatic rings. The molecule has 4 rings (SSSR count). The number of ketones is 2. The minimum Gasteiger partial charge on any atom is -0.481 e. The number of unbranched alkanes of at least 4 members (excludes halogenated alkanes) is 2. The number of hydrogen-bond donors (Lipinski definition) is 13. The lowest BCUT2D eigenvalue weighted by Gasteiger charge is -2.35. The highest BCUT2D eigenvalue weighted by Gasteiger charge is 2.60. The molecule has 2 saturated heterocycles. The van der Waals surface area contributed by atoms with Gasteiger partial charge in [-0.3, -0.25) is 48.5 Å². The summed E-state index contributed by atoms with van der Waals surface area (Å²) < 4.78 is 0. The standard InChI is InChI=1S/C59H87N9O15S/c1-9-34(4)47(65-54(79)48(35(5)69)61-31-40(71)19-15-16-28-60-45(72)21-14-13-20-44-59(8)58(7,32-84-44)67-57(83)68-59)53(78)66-49(36(6)70)55(80)63-42(30-37-22-24-39(25-23-37)50(75)38-17-11-10-12-18-38)52(77)62-41(26-27-46(73)74)51(76)64-43(56(81)82)29-33(2)3/h10-12,17-18,22-25,33-36,41-44,47-49,61,69-70H,9,13-16,19-21,26-32H2,1-8H3,(H,60,72)(H,62,77)(H,63,80)(H,64,76)(H,65,79)(H,66,78)(H,73,74)(H,81,82)(H2,67,68,83)/t34-,35+,36+,41-,42-,43-,44-,47-,48-,49-,58-,59+/m0/s1. The van der Waals surface area contributed by atoms with Crippen LogP contribution in [-0.4, -0.2) is 169 Å². The summed E-state index contributed by atoms with van der Waals surface area (Å²) >= 11 is 1.82. The maximum Gasteiger partial charge on any atom is 0.326 e. The number of rotatable bonds is 37. The van der Waals surface area contributed by atoms with Crippen LogP contribution in [0.1, 0.15) is 148 Å². The lowest BCUT2D eigenvalue weighted by atomic mass is 9.79. The fourth-order valence-corrected chi connectivity index (χ4v) is 11.9. The van der Waals surface area contributed by atoms with E-state index in [0.29, 0.717) is 55.3 Å². The minimum atomic E-state index is -1.79. The SMILES string of the molecule is CC[C@H](C)[C@H](NC(=O)[C@@H](NCC(=O)CCCCNC(=O)CCCC[C@@H]1SC[C@]2(C)NC(=O)N[C@]12C)[C@@H](C)O)C(=O)N[C@H](C(=O)N[C@@H](Cc1ccc(C(=O)c2ccccc2)cc1)C(=O)N[C@@H](CCC(=O)O)C(=O)N[C@@H](CC(C)C)C(=O)O)[C@@H](C)O. The van der Waals surface area contributed by atoms with Crippen molar-refractivity contribution < 1.29 is 73.2 Å². The first kappa shape index (κ1) is 69.5. The van der Waals surface area contributed by atoms with E-state index in [0.717, 1.165) is 18.6 Å². The summed E-state index contributed by atoms with van der Waals surface area (Å²) in [6.45, 7) is 13.5. The van der Waals surface area contributed by atoms with E-state index < -0.39 is 109 Å². The van der Waals surface area contributed by atoms with Crippen molar-refractivity contribution in [2.24, 2.45) is 11.8 Å². The number of aliphatic hydroxyl groups excluding tert-OH is 2. The number of urea groups is 1. The smallest absolute Gasteiger partial charge is 0.326 e. The predicted molar refractivity (Wildman–Crippen MR) is 313 cm³/mol. The summed E-state index contributed by atoms with van der Waals surface area (Å²) in [4.78, 5) is 145. The van der Waals surface area contributed by atoms with Crippen LogP contribution in [-0.2, 0) is 49.6 Å². The topological polar surface area (TPSA) is 377 Å². The number of carboxylic acids is 2. The number of aliphatic hydroxyl groups is 2. The maximum absolute atomic E-state index is 14.3. The van der Waals surface area contributed by atoms with Gasteiger partial charge in [0.15, 0.2) is 5.78 Å². The van der Waals surface area contributed by atoms with Crippen LogP contribution in [0.4, 0.5) is 4.79 Å². The van der Waals surface area contributed by atoms with E-state index >= 15 is 0 Å². The van der Waals surface area contributed by atoms with Gasteiger partial charge in [-0.15, -0.1) is 0 Å². The van der Waals surface area contributed by atoms with Gasteiger partial charge in [-0.05, 0) is 83.6 Å². The second kappa shape index (κ2) is 32.9. The van der Waals surface area contributed by atoms with Gasteiger partial charge in [0.25, 0.3) is 0 Å². The fraction of sp³-hybridized carbons (Fsp3) is 0.610. The van der Waals surface area contributed by atoms with Crippen LogP contribution < -0.4 is 47.9 Å². The second-order valence-corrected chi connectivity index (χ2v) is 24.1. The van der Waals surface area contributed by atoms with Gasteiger partial charge < -0.3 is 63.0 Å². The molecule has 0 saturated carbocycles. The number of carboxylic acid groups (broad SMARTS) is 2. The summed E-state index contributed by atoms with van der Waals surface area (Å²) in [7, 11) is 0. The predicted octanol–water partition coefficient (Wildman–Crippen LogP) is 2.01. The molecule has 8 amide bonds. The Morgan fingerprint density at radius 1 is 0.655 bits per heavy atom. The number of fused-ring (bicyclic) bond motifs is 1. The highest BCUT2D eigenvalue weighted by molar-refractivity contribution is 8.00. The molecular weight excluding hydrogens is 1110 g/mol. The molecule has 0 unspecified atom stereocenters. The van der Waals surface area contributed by atoms with Crippen LogP contribution in [0.2, 0.25) is 0 Å². The van der Waals surface area contributed by atoms with Crippen molar-refractivity contribution in [3.8, 4) is 0 Å². The number of aliphatic carboxylic acids is 2. The molecule has 25 heteroatoms. The maximum atomic E-state index is 14.3. The fourth-order valence-electron chi connectivity index (χ4n) is 10.0. The van der Waals surface area contributed by atoms with Crippen LogP contribution in [0.15, 0.2) is 54.6 Å². The van der Waals surface area contributed by atoms with Crippen molar-refractivity contribution in [3.05, 3.63) is 71.3 Å². The highest BCUT2D eigenvalue weighted by Crippen LogP contribution is 2.47. The van der Waals surface area contributed by atoms with Crippen molar-refractivity contribution in [2.75, 3.05) is 18.8 Å². The number of hydrogen-bond acceptors (Lipinski definition) is 15. The number of carbonyl (C=O) groups excluding carboxylic acids is 9. The first-order chi connectivity index (χ1) is 39.6. The molecule has 12 atom stereocenters. The van der Waals surface area contributed by atoms with Crippen molar-refractivity contribution in [1.29, 1.82) is 0 Å². The van der Waals surface area contributed by atoms with Gasteiger partial charge in [0.1, 0.15) is 42.0 Å². The third kappa shape index (κ3) is 20.7. The Morgan fingerprint density at radius 2 is 1.23 bits per heavy atom. The molecule has 2 fully saturated rings. The Labute approximate surface area is 495 Å². The first-order valence-electron chi connectivity index (χ1n) is 28.8.